The number of hydrogen-bond donors (Lipinski definition) is 2. The molecular weight excluding hydrogens is 238 g/mol. The topological polar surface area (TPSA) is 77.2 Å². The highest BCUT2D eigenvalue weighted by molar-refractivity contribution is 7.13. The number of amides is 1. The van der Waals surface area contributed by atoms with E-state index >= 15 is 0 Å². The third-order valence-electron chi connectivity index (χ3n) is 2.63. The highest BCUT2D eigenvalue weighted by Gasteiger charge is 2.20. The lowest BCUT2D eigenvalue weighted by Crippen LogP contribution is -2.40. The third kappa shape index (κ3) is 4.07. The van der Waals surface area contributed by atoms with E-state index in [0.29, 0.717) is 11.7 Å². The summed E-state index contributed by atoms with van der Waals surface area (Å²) in [6.07, 6.45) is 0.876. The number of aromatic nitrogens is 1. The van der Waals surface area contributed by atoms with E-state index in [9.17, 15) is 4.79 Å². The highest BCUT2D eigenvalue weighted by atomic mass is 32.1. The van der Waals surface area contributed by atoms with Gasteiger partial charge in [-0.15, -0.1) is 11.3 Å². The Hall–Kier alpha value is -0.980. The van der Waals surface area contributed by atoms with Gasteiger partial charge < -0.3 is 15.8 Å². The van der Waals surface area contributed by atoms with E-state index in [1.165, 1.54) is 11.3 Å². The van der Waals surface area contributed by atoms with Gasteiger partial charge in [0.1, 0.15) is 0 Å². The quantitative estimate of drug-likeness (QED) is 0.811. The van der Waals surface area contributed by atoms with Crippen molar-refractivity contribution in [2.75, 3.05) is 12.4 Å². The van der Waals surface area contributed by atoms with E-state index in [2.05, 4.69) is 10.3 Å². The summed E-state index contributed by atoms with van der Waals surface area (Å²) in [6, 6.07) is -0.491. The van der Waals surface area contributed by atoms with Crippen LogP contribution < -0.4 is 11.1 Å². The molecule has 0 bridgehead atoms. The van der Waals surface area contributed by atoms with Crippen molar-refractivity contribution in [3.8, 4) is 0 Å². The SMILES string of the molecule is CCC(C)C(N)C(=O)Nc1nc(COC)cs1. The maximum Gasteiger partial charge on any atom is 0.243 e. The molecule has 3 N–H and O–H groups in total. The Bertz CT molecular complexity index is 367. The molecule has 0 aliphatic heterocycles. The number of anilines is 1. The Kier molecular flexibility index (Phi) is 5.54. The Labute approximate surface area is 105 Å². The summed E-state index contributed by atoms with van der Waals surface area (Å²) >= 11 is 1.38. The van der Waals surface area contributed by atoms with Crippen molar-refractivity contribution in [3.05, 3.63) is 11.1 Å². The minimum atomic E-state index is -0.491. The zero-order chi connectivity index (χ0) is 12.8. The van der Waals surface area contributed by atoms with Crippen molar-refractivity contribution in [3.63, 3.8) is 0 Å². The first kappa shape index (κ1) is 14.1. The molecule has 96 valence electrons. The van der Waals surface area contributed by atoms with Gasteiger partial charge in [-0.05, 0) is 5.92 Å². The smallest absolute Gasteiger partial charge is 0.243 e. The number of nitrogens with two attached hydrogens (primary N) is 1. The lowest BCUT2D eigenvalue weighted by Gasteiger charge is -2.16. The molecule has 0 fully saturated rings. The first-order chi connectivity index (χ1) is 8.08. The molecule has 0 radical (unpaired) electrons. The first-order valence-corrected chi connectivity index (χ1v) is 6.46. The molecule has 0 spiro atoms. The largest absolute Gasteiger partial charge is 0.378 e. The standard InChI is InChI=1S/C11H19N3O2S/c1-4-7(2)9(12)10(15)14-11-13-8(5-16-3)6-17-11/h6-7,9H,4-5,12H2,1-3H3,(H,13,14,15). The maximum absolute atomic E-state index is 11.8. The van der Waals surface area contributed by atoms with E-state index in [-0.39, 0.29) is 11.8 Å². The number of thiazole rings is 1. The fourth-order valence-corrected chi connectivity index (χ4v) is 1.98. The van der Waals surface area contributed by atoms with Crippen LogP contribution >= 0.6 is 11.3 Å². The van der Waals surface area contributed by atoms with Crippen LogP contribution in [0.15, 0.2) is 5.38 Å². The van der Waals surface area contributed by atoms with Crippen LogP contribution in [0.5, 0.6) is 0 Å². The van der Waals surface area contributed by atoms with Crippen LogP contribution in [0.25, 0.3) is 0 Å². The molecule has 0 saturated heterocycles. The van der Waals surface area contributed by atoms with Gasteiger partial charge in [0.25, 0.3) is 0 Å². The fraction of sp³-hybridized carbons (Fsp3) is 0.636. The number of nitrogens with zero attached hydrogens (tertiary/aromatic N) is 1. The number of hydrogen-bond acceptors (Lipinski definition) is 5. The van der Waals surface area contributed by atoms with Crippen molar-refractivity contribution >= 4 is 22.4 Å². The molecule has 0 aliphatic rings. The third-order valence-corrected chi connectivity index (χ3v) is 3.44. The van der Waals surface area contributed by atoms with E-state index in [1.807, 2.05) is 19.2 Å². The molecule has 0 aromatic carbocycles. The zero-order valence-electron chi connectivity index (χ0n) is 10.4. The Balaban J connectivity index is 2.55. The predicted octanol–water partition coefficient (Wildman–Crippen LogP) is 1.60. The van der Waals surface area contributed by atoms with Crippen LogP contribution in [-0.2, 0) is 16.1 Å². The molecule has 1 aromatic rings. The van der Waals surface area contributed by atoms with Crippen molar-refractivity contribution < 1.29 is 9.53 Å². The van der Waals surface area contributed by atoms with Crippen LogP contribution in [0.3, 0.4) is 0 Å². The molecule has 1 rings (SSSR count). The van der Waals surface area contributed by atoms with E-state index in [4.69, 9.17) is 10.5 Å². The van der Waals surface area contributed by atoms with Gasteiger partial charge in [0.05, 0.1) is 18.3 Å². The zero-order valence-corrected chi connectivity index (χ0v) is 11.2. The monoisotopic (exact) mass is 257 g/mol. The molecular formula is C11H19N3O2S. The van der Waals surface area contributed by atoms with Gasteiger partial charge in [0.2, 0.25) is 5.91 Å². The van der Waals surface area contributed by atoms with Crippen LogP contribution in [0.4, 0.5) is 5.13 Å². The van der Waals surface area contributed by atoms with Crippen molar-refractivity contribution in [2.24, 2.45) is 11.7 Å². The number of nitrogens with one attached hydrogen (secondary N) is 1. The van der Waals surface area contributed by atoms with Crippen molar-refractivity contribution in [1.82, 2.24) is 4.98 Å². The maximum atomic E-state index is 11.8. The predicted molar refractivity (Wildman–Crippen MR) is 68.9 cm³/mol. The summed E-state index contributed by atoms with van der Waals surface area (Å²) in [5.41, 5.74) is 6.63. The van der Waals surface area contributed by atoms with Gasteiger partial charge in [-0.1, -0.05) is 20.3 Å². The second-order valence-electron chi connectivity index (χ2n) is 3.98. The number of carbonyl (C=O) groups excluding carboxylic acids is 1. The minimum absolute atomic E-state index is 0.161. The molecule has 1 amide bonds. The summed E-state index contributed by atoms with van der Waals surface area (Å²) in [7, 11) is 1.61. The fourth-order valence-electron chi connectivity index (χ4n) is 1.28. The Morgan fingerprint density at radius 3 is 3.00 bits per heavy atom. The molecule has 1 heterocycles. The molecule has 0 saturated carbocycles. The number of carbonyl (C=O) groups is 1. The van der Waals surface area contributed by atoms with Crippen molar-refractivity contribution in [1.29, 1.82) is 0 Å². The highest BCUT2D eigenvalue weighted by Crippen LogP contribution is 2.17. The summed E-state index contributed by atoms with van der Waals surface area (Å²) in [5.74, 6) is -0.0222. The van der Waals surface area contributed by atoms with Gasteiger partial charge in [-0.3, -0.25) is 4.79 Å². The van der Waals surface area contributed by atoms with Gasteiger partial charge >= 0.3 is 0 Å². The second-order valence-corrected chi connectivity index (χ2v) is 4.84. The average molecular weight is 257 g/mol. The summed E-state index contributed by atoms with van der Waals surface area (Å²) < 4.78 is 4.96. The number of rotatable bonds is 6. The Morgan fingerprint density at radius 2 is 2.41 bits per heavy atom. The molecule has 0 aliphatic carbocycles. The first-order valence-electron chi connectivity index (χ1n) is 5.58. The van der Waals surface area contributed by atoms with Crippen LogP contribution in [-0.4, -0.2) is 24.0 Å². The minimum Gasteiger partial charge on any atom is -0.378 e. The van der Waals surface area contributed by atoms with Crippen molar-refractivity contribution in [2.45, 2.75) is 32.9 Å². The van der Waals surface area contributed by atoms with E-state index < -0.39 is 6.04 Å². The van der Waals surface area contributed by atoms with Gasteiger partial charge in [0, 0.05) is 12.5 Å². The molecule has 6 heteroatoms. The summed E-state index contributed by atoms with van der Waals surface area (Å²) in [5, 5.41) is 5.15. The van der Waals surface area contributed by atoms with E-state index in [1.54, 1.807) is 7.11 Å². The van der Waals surface area contributed by atoms with Gasteiger partial charge in [0.15, 0.2) is 5.13 Å². The molecule has 5 nitrogen and oxygen atoms in total. The van der Waals surface area contributed by atoms with Crippen LogP contribution in [0.1, 0.15) is 26.0 Å². The number of methoxy groups -OCH3 is 1. The van der Waals surface area contributed by atoms with E-state index in [0.717, 1.165) is 12.1 Å². The Morgan fingerprint density at radius 1 is 1.71 bits per heavy atom. The van der Waals surface area contributed by atoms with Gasteiger partial charge in [-0.2, -0.15) is 0 Å². The normalized spacial score (nSPS) is 14.4. The van der Waals surface area contributed by atoms with Crippen LogP contribution in [0.2, 0.25) is 0 Å². The second kappa shape index (κ2) is 6.68. The molecule has 1 aromatic heterocycles. The molecule has 2 unspecified atom stereocenters. The van der Waals surface area contributed by atoms with Gasteiger partial charge in [-0.25, -0.2) is 4.98 Å². The number of ether oxygens (including phenoxy) is 1. The van der Waals surface area contributed by atoms with Crippen LogP contribution in [0, 0.1) is 5.92 Å². The summed E-state index contributed by atoms with van der Waals surface area (Å²) in [4.78, 5) is 16.0. The molecule has 2 atom stereocenters. The average Bonchev–Trinajstić information content (AvgIpc) is 2.75. The lowest BCUT2D eigenvalue weighted by atomic mass is 10.00. The lowest BCUT2D eigenvalue weighted by molar-refractivity contribution is -0.118. The summed E-state index contributed by atoms with van der Waals surface area (Å²) in [6.45, 7) is 4.42. The molecule has 17 heavy (non-hydrogen) atoms.